The van der Waals surface area contributed by atoms with Gasteiger partial charge in [-0.1, -0.05) is 30.3 Å². The molecule has 0 radical (unpaired) electrons. The van der Waals surface area contributed by atoms with Crippen LogP contribution in [-0.4, -0.2) is 68.4 Å². The summed E-state index contributed by atoms with van der Waals surface area (Å²) < 4.78 is 1.92. The van der Waals surface area contributed by atoms with Crippen LogP contribution in [0.1, 0.15) is 13.8 Å². The number of aromatic nitrogens is 3. The van der Waals surface area contributed by atoms with Crippen LogP contribution in [0, 0.1) is 0 Å². The molecule has 0 bridgehead atoms. The van der Waals surface area contributed by atoms with E-state index in [1.165, 1.54) is 11.8 Å². The van der Waals surface area contributed by atoms with Gasteiger partial charge >= 0.3 is 0 Å². The van der Waals surface area contributed by atoms with Gasteiger partial charge in [0.05, 0.1) is 5.25 Å². The highest BCUT2D eigenvalue weighted by molar-refractivity contribution is 8.00. The first-order valence-electron chi connectivity index (χ1n) is 8.82. The summed E-state index contributed by atoms with van der Waals surface area (Å²) in [5.41, 5.74) is 0.950. The Morgan fingerprint density at radius 1 is 1.19 bits per heavy atom. The zero-order valence-corrected chi connectivity index (χ0v) is 16.9. The van der Waals surface area contributed by atoms with E-state index in [1.807, 2.05) is 47.7 Å². The monoisotopic (exact) mass is 393 g/mol. The van der Waals surface area contributed by atoms with Crippen molar-refractivity contribution in [2.45, 2.75) is 24.3 Å². The van der Waals surface area contributed by atoms with E-state index in [2.05, 4.69) is 22.0 Å². The lowest BCUT2D eigenvalue weighted by atomic mass is 10.2. The first-order chi connectivity index (χ1) is 12.5. The van der Waals surface area contributed by atoms with Gasteiger partial charge in [-0.25, -0.2) is 0 Å². The highest BCUT2D eigenvalue weighted by Crippen LogP contribution is 2.27. The minimum atomic E-state index is -0.191. The molecule has 1 amide bonds. The van der Waals surface area contributed by atoms with Crippen molar-refractivity contribution in [3.05, 3.63) is 29.3 Å². The normalized spacial score (nSPS) is 16.7. The minimum Gasteiger partial charge on any atom is -0.339 e. The molecule has 0 spiro atoms. The molecular weight excluding hydrogens is 370 g/mol. The fourth-order valence-electron chi connectivity index (χ4n) is 3.02. The molecule has 140 valence electrons. The number of carbonyl (C=O) groups excluding carboxylic acids is 1. The molecule has 2 heterocycles. The lowest BCUT2D eigenvalue weighted by Gasteiger charge is -2.35. The molecule has 1 saturated heterocycles. The van der Waals surface area contributed by atoms with Crippen molar-refractivity contribution in [3.8, 4) is 11.4 Å². The molecule has 1 fully saturated rings. The average molecular weight is 394 g/mol. The van der Waals surface area contributed by atoms with Gasteiger partial charge in [0.2, 0.25) is 5.91 Å². The number of nitrogens with zero attached hydrogens (tertiary/aromatic N) is 5. The summed E-state index contributed by atoms with van der Waals surface area (Å²) in [6.45, 7) is 8.63. The summed E-state index contributed by atoms with van der Waals surface area (Å²) in [6.07, 6.45) is 0. The van der Waals surface area contributed by atoms with Gasteiger partial charge in [0.15, 0.2) is 11.0 Å². The number of amides is 1. The van der Waals surface area contributed by atoms with Crippen LogP contribution in [-0.2, 0) is 11.8 Å². The zero-order chi connectivity index (χ0) is 18.7. The van der Waals surface area contributed by atoms with Crippen molar-refractivity contribution in [3.63, 3.8) is 0 Å². The number of likely N-dealkylation sites (N-methyl/N-ethyl adjacent to an activating group) is 1. The molecule has 0 N–H and O–H groups in total. The molecule has 8 heteroatoms. The van der Waals surface area contributed by atoms with Gasteiger partial charge in [-0.15, -0.1) is 10.2 Å². The Kier molecular flexibility index (Phi) is 6.21. The maximum Gasteiger partial charge on any atom is 0.235 e. The zero-order valence-electron chi connectivity index (χ0n) is 15.4. The van der Waals surface area contributed by atoms with E-state index in [9.17, 15) is 4.79 Å². The fraction of sp³-hybridized carbons (Fsp3) is 0.500. The maximum absolute atomic E-state index is 12.7. The molecule has 1 aliphatic rings. The van der Waals surface area contributed by atoms with E-state index >= 15 is 0 Å². The Morgan fingerprint density at radius 3 is 2.46 bits per heavy atom. The van der Waals surface area contributed by atoms with Crippen molar-refractivity contribution in [2.75, 3.05) is 32.7 Å². The number of thioether (sulfide) groups is 1. The number of hydrogen-bond donors (Lipinski definition) is 0. The minimum absolute atomic E-state index is 0.168. The first-order valence-corrected chi connectivity index (χ1v) is 10.1. The molecule has 1 unspecified atom stereocenters. The van der Waals surface area contributed by atoms with Crippen LogP contribution in [0.15, 0.2) is 29.4 Å². The molecule has 1 aromatic carbocycles. The van der Waals surface area contributed by atoms with E-state index in [0.717, 1.165) is 49.3 Å². The van der Waals surface area contributed by atoms with Gasteiger partial charge in [0.1, 0.15) is 0 Å². The summed E-state index contributed by atoms with van der Waals surface area (Å²) in [6, 6.07) is 7.51. The Bertz CT molecular complexity index is 755. The van der Waals surface area contributed by atoms with Gasteiger partial charge in [-0.2, -0.15) is 0 Å². The van der Waals surface area contributed by atoms with Gasteiger partial charge in [-0.05, 0) is 37.7 Å². The molecular formula is C18H24ClN5OS. The average Bonchev–Trinajstić information content (AvgIpc) is 3.02. The van der Waals surface area contributed by atoms with Gasteiger partial charge in [0, 0.05) is 43.8 Å². The highest BCUT2D eigenvalue weighted by atomic mass is 35.5. The topological polar surface area (TPSA) is 54.3 Å². The van der Waals surface area contributed by atoms with Gasteiger partial charge < -0.3 is 14.4 Å². The van der Waals surface area contributed by atoms with E-state index in [4.69, 9.17) is 11.6 Å². The summed E-state index contributed by atoms with van der Waals surface area (Å²) in [7, 11) is 1.92. The Balaban J connectivity index is 1.65. The third kappa shape index (κ3) is 4.22. The Morgan fingerprint density at radius 2 is 1.85 bits per heavy atom. The van der Waals surface area contributed by atoms with Crippen LogP contribution in [0.2, 0.25) is 5.02 Å². The van der Waals surface area contributed by atoms with E-state index in [-0.39, 0.29) is 11.2 Å². The molecule has 0 saturated carbocycles. The second-order valence-corrected chi connectivity index (χ2v) is 8.14. The molecule has 6 nitrogen and oxygen atoms in total. The molecule has 2 aromatic rings. The number of rotatable bonds is 5. The lowest BCUT2D eigenvalue weighted by Crippen LogP contribution is -2.50. The van der Waals surface area contributed by atoms with Crippen LogP contribution in [0.25, 0.3) is 11.4 Å². The van der Waals surface area contributed by atoms with Crippen molar-refractivity contribution in [1.29, 1.82) is 0 Å². The fourth-order valence-corrected chi connectivity index (χ4v) is 4.04. The third-order valence-corrected chi connectivity index (χ3v) is 6.07. The van der Waals surface area contributed by atoms with Crippen molar-refractivity contribution >= 4 is 29.3 Å². The number of benzene rings is 1. The molecule has 0 aliphatic carbocycles. The summed E-state index contributed by atoms with van der Waals surface area (Å²) in [5.74, 6) is 0.933. The van der Waals surface area contributed by atoms with Crippen molar-refractivity contribution < 1.29 is 4.79 Å². The first kappa shape index (κ1) is 19.2. The second kappa shape index (κ2) is 8.41. The molecule has 3 rings (SSSR count). The quantitative estimate of drug-likeness (QED) is 0.731. The largest absolute Gasteiger partial charge is 0.339 e. The smallest absolute Gasteiger partial charge is 0.235 e. The number of halogens is 1. The lowest BCUT2D eigenvalue weighted by molar-refractivity contribution is -0.132. The molecule has 1 atom stereocenters. The van der Waals surface area contributed by atoms with Crippen LogP contribution in [0.3, 0.4) is 0 Å². The van der Waals surface area contributed by atoms with Crippen LogP contribution in [0.5, 0.6) is 0 Å². The highest BCUT2D eigenvalue weighted by Gasteiger charge is 2.26. The van der Waals surface area contributed by atoms with E-state index in [0.29, 0.717) is 5.02 Å². The Labute approximate surface area is 163 Å². The maximum atomic E-state index is 12.7. The van der Waals surface area contributed by atoms with Crippen LogP contribution >= 0.6 is 23.4 Å². The predicted octanol–water partition coefficient (Wildman–Crippen LogP) is 2.78. The summed E-state index contributed by atoms with van der Waals surface area (Å²) in [4.78, 5) is 17.1. The van der Waals surface area contributed by atoms with Crippen molar-refractivity contribution in [2.24, 2.45) is 7.05 Å². The molecule has 26 heavy (non-hydrogen) atoms. The second-order valence-electron chi connectivity index (χ2n) is 6.39. The number of hydrogen-bond acceptors (Lipinski definition) is 5. The number of carbonyl (C=O) groups is 1. The molecule has 1 aromatic heterocycles. The number of piperazine rings is 1. The molecule has 1 aliphatic heterocycles. The van der Waals surface area contributed by atoms with Crippen LogP contribution in [0.4, 0.5) is 0 Å². The van der Waals surface area contributed by atoms with Crippen molar-refractivity contribution in [1.82, 2.24) is 24.6 Å². The summed E-state index contributed by atoms with van der Waals surface area (Å²) in [5, 5.41) is 9.79. The summed E-state index contributed by atoms with van der Waals surface area (Å²) >= 11 is 7.40. The van der Waals surface area contributed by atoms with Crippen LogP contribution < -0.4 is 0 Å². The van der Waals surface area contributed by atoms with Gasteiger partial charge in [-0.3, -0.25) is 4.79 Å². The van der Waals surface area contributed by atoms with E-state index in [1.54, 1.807) is 0 Å². The van der Waals surface area contributed by atoms with E-state index < -0.39 is 0 Å². The predicted molar refractivity (Wildman–Crippen MR) is 105 cm³/mol. The SMILES string of the molecule is CCN1CCN(C(=O)C(C)Sc2nnc(-c3ccc(Cl)cc3)n2C)CC1. The standard InChI is InChI=1S/C18H24ClN5OS/c1-4-23-9-11-24(12-10-23)17(25)13(2)26-18-21-20-16(22(18)3)14-5-7-15(19)8-6-14/h5-8,13H,4,9-12H2,1-3H3. The third-order valence-electron chi connectivity index (χ3n) is 4.70. The Hall–Kier alpha value is -1.57. The van der Waals surface area contributed by atoms with Gasteiger partial charge in [0.25, 0.3) is 0 Å².